The van der Waals surface area contributed by atoms with Crippen molar-refractivity contribution in [1.82, 2.24) is 4.90 Å². The molecule has 100 valence electrons. The van der Waals surface area contributed by atoms with E-state index in [0.29, 0.717) is 23.8 Å². The number of hydrogen-bond acceptors (Lipinski definition) is 2. The molecule has 2 rings (SSSR count). The van der Waals surface area contributed by atoms with E-state index < -0.39 is 6.03 Å². The molecule has 1 aliphatic rings. The molecule has 1 aliphatic heterocycles. The number of rotatable bonds is 1. The molecule has 0 spiro atoms. The number of urea groups is 1. The molecule has 2 N–H and O–H groups in total. The van der Waals surface area contributed by atoms with Crippen molar-refractivity contribution in [1.29, 1.82) is 0 Å². The molecule has 0 aliphatic carbocycles. The van der Waals surface area contributed by atoms with E-state index in [1.165, 1.54) is 4.90 Å². The molecule has 1 aromatic rings. The fourth-order valence-electron chi connectivity index (χ4n) is 1.91. The van der Waals surface area contributed by atoms with E-state index in [2.05, 4.69) is 4.99 Å². The van der Waals surface area contributed by atoms with Crippen LogP contribution in [0.1, 0.15) is 0 Å². The van der Waals surface area contributed by atoms with Crippen molar-refractivity contribution in [2.45, 2.75) is 0 Å². The Kier molecular flexibility index (Phi) is 4.01. The summed E-state index contributed by atoms with van der Waals surface area (Å²) in [6.07, 6.45) is 0.924. The maximum atomic E-state index is 12.1. The van der Waals surface area contributed by atoms with E-state index in [1.54, 1.807) is 23.1 Å². The molecule has 7 heteroatoms. The maximum absolute atomic E-state index is 12.1. The fraction of sp³-hybridized carbons (Fsp3) is 0.250. The lowest BCUT2D eigenvalue weighted by molar-refractivity contribution is -0.120. The van der Waals surface area contributed by atoms with E-state index in [1.807, 2.05) is 6.07 Å². The van der Waals surface area contributed by atoms with Crippen LogP contribution in [0.2, 0.25) is 5.02 Å². The Labute approximate surface area is 115 Å². The van der Waals surface area contributed by atoms with Crippen molar-refractivity contribution in [3.63, 3.8) is 0 Å². The number of halogens is 1. The summed E-state index contributed by atoms with van der Waals surface area (Å²) in [7, 11) is 0. The lowest BCUT2D eigenvalue weighted by Gasteiger charge is -2.33. The van der Waals surface area contributed by atoms with E-state index in [9.17, 15) is 9.59 Å². The van der Waals surface area contributed by atoms with Gasteiger partial charge in [0.2, 0.25) is 5.91 Å². The fourth-order valence-corrected chi connectivity index (χ4v) is 2.14. The van der Waals surface area contributed by atoms with Gasteiger partial charge in [-0.2, -0.15) is 4.99 Å². The van der Waals surface area contributed by atoms with Crippen LogP contribution in [0.25, 0.3) is 0 Å². The summed E-state index contributed by atoms with van der Waals surface area (Å²) in [5.41, 5.74) is 5.71. The molecule has 0 unspecified atom stereocenters. The van der Waals surface area contributed by atoms with Crippen LogP contribution in [0.15, 0.2) is 29.3 Å². The molecule has 1 fully saturated rings. The molecule has 0 saturated carbocycles. The van der Waals surface area contributed by atoms with E-state index in [-0.39, 0.29) is 12.5 Å². The summed E-state index contributed by atoms with van der Waals surface area (Å²) >= 11 is 6.06. The average Bonchev–Trinajstić information content (AvgIpc) is 2.40. The summed E-state index contributed by atoms with van der Waals surface area (Å²) in [4.78, 5) is 29.9. The zero-order valence-electron chi connectivity index (χ0n) is 10.1. The standard InChI is InChI=1S/C12H13ClN4O2/c13-9-3-1-2-4-10(9)17-6-5-16(7-11(17)18)12(19)15-8-14/h1-4,8H,5-7H2,(H2,14,15,19). The highest BCUT2D eigenvalue weighted by Crippen LogP contribution is 2.26. The zero-order chi connectivity index (χ0) is 13.8. The predicted octanol–water partition coefficient (Wildman–Crippen LogP) is 1.10. The first-order chi connectivity index (χ1) is 9.13. The highest BCUT2D eigenvalue weighted by atomic mass is 35.5. The molecule has 0 aromatic heterocycles. The SMILES string of the molecule is NC=NC(=O)N1CCN(c2ccccc2Cl)C(=O)C1. The molecule has 0 radical (unpaired) electrons. The second kappa shape index (κ2) is 5.71. The number of hydrogen-bond donors (Lipinski definition) is 1. The Morgan fingerprint density at radius 2 is 2.11 bits per heavy atom. The summed E-state index contributed by atoms with van der Waals surface area (Å²) in [6, 6.07) is 6.60. The van der Waals surface area contributed by atoms with Crippen LogP contribution in [0.5, 0.6) is 0 Å². The summed E-state index contributed by atoms with van der Waals surface area (Å²) in [6.45, 7) is 0.753. The molecule has 6 nitrogen and oxygen atoms in total. The van der Waals surface area contributed by atoms with Crippen LogP contribution in [0.3, 0.4) is 0 Å². The molecule has 1 saturated heterocycles. The molecule has 3 amide bonds. The number of piperazine rings is 1. The number of carbonyl (C=O) groups excluding carboxylic acids is 2. The topological polar surface area (TPSA) is 79.0 Å². The Morgan fingerprint density at radius 3 is 2.74 bits per heavy atom. The number of amides is 3. The van der Waals surface area contributed by atoms with Gasteiger partial charge in [0.05, 0.1) is 17.0 Å². The second-order valence-electron chi connectivity index (χ2n) is 3.98. The van der Waals surface area contributed by atoms with Gasteiger partial charge in [-0.1, -0.05) is 23.7 Å². The number of anilines is 1. The van der Waals surface area contributed by atoms with E-state index >= 15 is 0 Å². The number of para-hydroxylation sites is 1. The number of carbonyl (C=O) groups is 2. The molecule has 19 heavy (non-hydrogen) atoms. The summed E-state index contributed by atoms with van der Waals surface area (Å²) < 4.78 is 0. The molecule has 0 bridgehead atoms. The highest BCUT2D eigenvalue weighted by molar-refractivity contribution is 6.33. The van der Waals surface area contributed by atoms with Gasteiger partial charge in [0.15, 0.2) is 0 Å². The van der Waals surface area contributed by atoms with Gasteiger partial charge in [0, 0.05) is 13.1 Å². The first kappa shape index (κ1) is 13.4. The second-order valence-corrected chi connectivity index (χ2v) is 4.39. The Balaban J connectivity index is 2.12. The van der Waals surface area contributed by atoms with Gasteiger partial charge in [-0.25, -0.2) is 4.79 Å². The van der Waals surface area contributed by atoms with Crippen molar-refractivity contribution in [3.05, 3.63) is 29.3 Å². The number of benzene rings is 1. The van der Waals surface area contributed by atoms with Crippen LogP contribution in [-0.2, 0) is 4.79 Å². The minimum Gasteiger partial charge on any atom is -0.390 e. The number of aliphatic imine (C=N–C) groups is 1. The zero-order valence-corrected chi connectivity index (χ0v) is 10.9. The average molecular weight is 281 g/mol. The number of nitrogens with two attached hydrogens (primary N) is 1. The molecular formula is C12H13ClN4O2. The molecular weight excluding hydrogens is 268 g/mol. The van der Waals surface area contributed by atoms with Crippen LogP contribution in [0, 0.1) is 0 Å². The third-order valence-corrected chi connectivity index (χ3v) is 3.14. The first-order valence-corrected chi connectivity index (χ1v) is 6.09. The van der Waals surface area contributed by atoms with E-state index in [0.717, 1.165) is 6.34 Å². The van der Waals surface area contributed by atoms with Gasteiger partial charge in [-0.15, -0.1) is 0 Å². The molecule has 0 atom stereocenters. The van der Waals surface area contributed by atoms with Crippen molar-refractivity contribution in [2.24, 2.45) is 10.7 Å². The Hall–Kier alpha value is -2.08. The van der Waals surface area contributed by atoms with Crippen molar-refractivity contribution in [3.8, 4) is 0 Å². The van der Waals surface area contributed by atoms with Crippen molar-refractivity contribution in [2.75, 3.05) is 24.5 Å². The van der Waals surface area contributed by atoms with Gasteiger partial charge >= 0.3 is 6.03 Å². The third kappa shape index (κ3) is 2.85. The Morgan fingerprint density at radius 1 is 1.37 bits per heavy atom. The van der Waals surface area contributed by atoms with Gasteiger partial charge in [-0.05, 0) is 12.1 Å². The summed E-state index contributed by atoms with van der Waals surface area (Å²) in [5, 5.41) is 0.510. The van der Waals surface area contributed by atoms with Crippen LogP contribution in [0.4, 0.5) is 10.5 Å². The van der Waals surface area contributed by atoms with Gasteiger partial charge in [0.1, 0.15) is 6.54 Å². The van der Waals surface area contributed by atoms with Gasteiger partial charge in [0.25, 0.3) is 0 Å². The third-order valence-electron chi connectivity index (χ3n) is 2.82. The lowest BCUT2D eigenvalue weighted by atomic mass is 10.2. The summed E-state index contributed by atoms with van der Waals surface area (Å²) in [5.74, 6) is -0.195. The minimum atomic E-state index is -0.505. The largest absolute Gasteiger partial charge is 0.390 e. The highest BCUT2D eigenvalue weighted by Gasteiger charge is 2.28. The van der Waals surface area contributed by atoms with Gasteiger partial charge < -0.3 is 15.5 Å². The molecule has 1 aromatic carbocycles. The van der Waals surface area contributed by atoms with Gasteiger partial charge in [-0.3, -0.25) is 4.79 Å². The smallest absolute Gasteiger partial charge is 0.345 e. The van der Waals surface area contributed by atoms with Crippen LogP contribution in [-0.4, -0.2) is 42.8 Å². The lowest BCUT2D eigenvalue weighted by Crippen LogP contribution is -2.51. The first-order valence-electron chi connectivity index (χ1n) is 5.71. The van der Waals surface area contributed by atoms with Crippen molar-refractivity contribution >= 4 is 35.6 Å². The van der Waals surface area contributed by atoms with E-state index in [4.69, 9.17) is 17.3 Å². The number of nitrogens with zero attached hydrogens (tertiary/aromatic N) is 3. The molecule has 1 heterocycles. The van der Waals surface area contributed by atoms with Crippen LogP contribution >= 0.6 is 11.6 Å². The minimum absolute atomic E-state index is 0.0264. The normalized spacial score (nSPS) is 16.2. The van der Waals surface area contributed by atoms with Crippen LogP contribution < -0.4 is 10.6 Å². The monoisotopic (exact) mass is 280 g/mol. The Bertz CT molecular complexity index is 532. The maximum Gasteiger partial charge on any atom is 0.345 e. The predicted molar refractivity (Wildman–Crippen MR) is 73.5 cm³/mol. The quantitative estimate of drug-likeness (QED) is 0.618. The van der Waals surface area contributed by atoms with Crippen molar-refractivity contribution < 1.29 is 9.59 Å².